The number of hydrogen-bond donors (Lipinski definition) is 1. The number of fused-ring (bicyclic) bond motifs is 5. The number of rotatable bonds is 7. The topological polar surface area (TPSA) is 145 Å². The predicted molar refractivity (Wildman–Crippen MR) is 114 cm³/mol. The molecule has 1 N–H and O–H groups in total. The number of benzene rings is 1. The molecule has 176 valence electrons. The summed E-state index contributed by atoms with van der Waals surface area (Å²) in [7, 11) is 1.36. The summed E-state index contributed by atoms with van der Waals surface area (Å²) in [5, 5.41) is 12.6. The van der Waals surface area contributed by atoms with Crippen LogP contribution in [0.25, 0.3) is 0 Å². The number of esters is 1. The fraction of sp³-hybridized carbons (Fsp3) is 0.500. The number of likely N-dealkylation sites (tertiary alicyclic amines) is 1. The van der Waals surface area contributed by atoms with Crippen LogP contribution in [0.1, 0.15) is 6.42 Å². The molecule has 2 aliphatic carbocycles. The Hall–Kier alpha value is -2.92. The number of methoxy groups -OCH3 is 1. The summed E-state index contributed by atoms with van der Waals surface area (Å²) in [5.74, 6) is -4.13. The Kier molecular flexibility index (Phi) is 6.19. The summed E-state index contributed by atoms with van der Waals surface area (Å²) in [4.78, 5) is 61.2. The van der Waals surface area contributed by atoms with E-state index in [1.807, 2.05) is 0 Å². The first-order valence-electron chi connectivity index (χ1n) is 10.0. The van der Waals surface area contributed by atoms with Gasteiger partial charge in [-0.25, -0.2) is 0 Å². The molecule has 1 aliphatic heterocycles. The lowest BCUT2D eigenvalue weighted by atomic mass is 9.80. The third kappa shape index (κ3) is 3.99. The van der Waals surface area contributed by atoms with E-state index in [1.165, 1.54) is 19.2 Å². The minimum atomic E-state index is -0.968. The van der Waals surface area contributed by atoms with E-state index < -0.39 is 64.4 Å². The average Bonchev–Trinajstić information content (AvgIpc) is 3.38. The highest BCUT2D eigenvalue weighted by atomic mass is 35.5. The lowest BCUT2D eigenvalue weighted by Crippen LogP contribution is -2.38. The first-order chi connectivity index (χ1) is 15.6. The van der Waals surface area contributed by atoms with Gasteiger partial charge in [0.15, 0.2) is 6.61 Å². The summed E-state index contributed by atoms with van der Waals surface area (Å²) >= 11 is 12.6. The molecule has 1 heterocycles. The molecule has 33 heavy (non-hydrogen) atoms. The smallest absolute Gasteiger partial charge is 0.326 e. The molecule has 2 bridgehead atoms. The number of alkyl halides is 2. The number of carbonyl (C=O) groups excluding carboxylic acids is 4. The maximum atomic E-state index is 12.8. The zero-order chi connectivity index (χ0) is 24.0. The molecular formula is C20H19Cl2N3O8. The number of ether oxygens (including phenoxy) is 2. The first-order valence-corrected chi connectivity index (χ1v) is 10.9. The van der Waals surface area contributed by atoms with Gasteiger partial charge in [0.2, 0.25) is 11.8 Å². The van der Waals surface area contributed by atoms with Crippen molar-refractivity contribution in [3.8, 4) is 5.75 Å². The van der Waals surface area contributed by atoms with Gasteiger partial charge in [-0.05, 0) is 24.3 Å². The van der Waals surface area contributed by atoms with Gasteiger partial charge >= 0.3 is 5.97 Å². The molecule has 6 atom stereocenters. The number of amides is 3. The van der Waals surface area contributed by atoms with Gasteiger partial charge in [0.05, 0.1) is 34.6 Å². The molecule has 1 aromatic rings. The number of nitro benzene ring substituents is 1. The minimum Gasteiger partial charge on any atom is -0.497 e. The molecular weight excluding hydrogens is 481 g/mol. The van der Waals surface area contributed by atoms with Gasteiger partial charge < -0.3 is 14.8 Å². The molecule has 3 amide bonds. The second kappa shape index (κ2) is 8.79. The Morgan fingerprint density at radius 1 is 1.18 bits per heavy atom. The molecule has 2 saturated carbocycles. The number of nitrogens with one attached hydrogen (secondary N) is 1. The van der Waals surface area contributed by atoms with Crippen molar-refractivity contribution in [3.63, 3.8) is 0 Å². The van der Waals surface area contributed by atoms with E-state index in [2.05, 4.69) is 5.32 Å². The van der Waals surface area contributed by atoms with Crippen molar-refractivity contribution >= 4 is 58.3 Å². The Morgan fingerprint density at radius 3 is 2.33 bits per heavy atom. The summed E-state index contributed by atoms with van der Waals surface area (Å²) in [6.45, 7) is -1.41. The van der Waals surface area contributed by atoms with E-state index in [-0.39, 0.29) is 29.0 Å². The number of carbonyl (C=O) groups is 4. The number of halogens is 2. The molecule has 1 saturated heterocycles. The van der Waals surface area contributed by atoms with Crippen LogP contribution < -0.4 is 10.1 Å². The van der Waals surface area contributed by atoms with Gasteiger partial charge in [0.1, 0.15) is 18.0 Å². The molecule has 0 aromatic heterocycles. The van der Waals surface area contributed by atoms with Crippen LogP contribution in [0.4, 0.5) is 11.4 Å². The molecule has 13 heteroatoms. The Morgan fingerprint density at radius 2 is 1.79 bits per heavy atom. The SMILES string of the molecule is COc1ccc([N+](=O)[O-])c(NC(=O)COC(=O)CN2C(=O)[C@@H]3[C@H]4C[C@@H]([C@H](Cl)[C@@H]4Cl)[C@@H]3C2=O)c1. The van der Waals surface area contributed by atoms with Gasteiger partial charge in [0.25, 0.3) is 11.6 Å². The van der Waals surface area contributed by atoms with Crippen LogP contribution in [-0.4, -0.2) is 64.5 Å². The zero-order valence-corrected chi connectivity index (χ0v) is 18.7. The van der Waals surface area contributed by atoms with E-state index >= 15 is 0 Å². The maximum absolute atomic E-state index is 12.8. The molecule has 3 fully saturated rings. The second-order valence-corrected chi connectivity index (χ2v) is 9.12. The van der Waals surface area contributed by atoms with Crippen molar-refractivity contribution in [3.05, 3.63) is 28.3 Å². The van der Waals surface area contributed by atoms with E-state index in [1.54, 1.807) is 0 Å². The normalized spacial score (nSPS) is 29.7. The third-order valence-corrected chi connectivity index (χ3v) is 7.72. The number of imide groups is 1. The highest BCUT2D eigenvalue weighted by molar-refractivity contribution is 6.31. The van der Waals surface area contributed by atoms with Crippen molar-refractivity contribution in [2.45, 2.75) is 17.2 Å². The number of anilines is 1. The number of nitrogens with zero attached hydrogens (tertiary/aromatic N) is 2. The molecule has 4 rings (SSSR count). The third-order valence-electron chi connectivity index (χ3n) is 6.40. The zero-order valence-electron chi connectivity index (χ0n) is 17.2. The van der Waals surface area contributed by atoms with Crippen LogP contribution in [0.15, 0.2) is 18.2 Å². The standard InChI is InChI=1S/C20H19Cl2N3O8/c1-32-8-2-3-12(25(30)31)11(4-8)23-13(26)7-33-14(27)6-24-19(28)15-9-5-10(16(15)20(24)29)18(22)17(9)21/h2-4,9-10,15-18H,5-7H2,1H3,(H,23,26)/t9-,10-,15-,16+,17-,18+/m1/s1. The molecule has 0 unspecified atom stereocenters. The fourth-order valence-corrected chi connectivity index (χ4v) is 5.87. The van der Waals surface area contributed by atoms with Crippen LogP contribution in [-0.2, 0) is 23.9 Å². The van der Waals surface area contributed by atoms with Crippen LogP contribution in [0.5, 0.6) is 5.75 Å². The monoisotopic (exact) mass is 499 g/mol. The van der Waals surface area contributed by atoms with Gasteiger partial charge in [-0.3, -0.25) is 34.2 Å². The number of nitro groups is 1. The lowest BCUT2D eigenvalue weighted by molar-refractivity contribution is -0.383. The van der Waals surface area contributed by atoms with Crippen molar-refractivity contribution in [2.75, 3.05) is 25.6 Å². The van der Waals surface area contributed by atoms with E-state index in [0.29, 0.717) is 6.42 Å². The van der Waals surface area contributed by atoms with Gasteiger partial charge in [-0.2, -0.15) is 0 Å². The van der Waals surface area contributed by atoms with Crippen molar-refractivity contribution in [2.24, 2.45) is 23.7 Å². The molecule has 0 spiro atoms. The minimum absolute atomic E-state index is 0.139. The molecule has 11 nitrogen and oxygen atoms in total. The number of hydrogen-bond acceptors (Lipinski definition) is 8. The summed E-state index contributed by atoms with van der Waals surface area (Å²) < 4.78 is 9.86. The van der Waals surface area contributed by atoms with Crippen molar-refractivity contribution in [1.29, 1.82) is 0 Å². The average molecular weight is 500 g/mol. The largest absolute Gasteiger partial charge is 0.497 e. The van der Waals surface area contributed by atoms with Gasteiger partial charge in [-0.1, -0.05) is 0 Å². The maximum Gasteiger partial charge on any atom is 0.326 e. The van der Waals surface area contributed by atoms with Crippen molar-refractivity contribution in [1.82, 2.24) is 4.90 Å². The van der Waals surface area contributed by atoms with Crippen LogP contribution in [0, 0.1) is 33.8 Å². The summed E-state index contributed by atoms with van der Waals surface area (Å²) in [6.07, 6.45) is 0.601. The lowest BCUT2D eigenvalue weighted by Gasteiger charge is -2.28. The Bertz CT molecular complexity index is 1020. The summed E-state index contributed by atoms with van der Waals surface area (Å²) in [6, 6.07) is 3.77. The quantitative estimate of drug-likeness (QED) is 0.195. The molecule has 1 aromatic carbocycles. The fourth-order valence-electron chi connectivity index (χ4n) is 4.97. The molecule has 0 radical (unpaired) electrons. The van der Waals surface area contributed by atoms with E-state index in [4.69, 9.17) is 32.7 Å². The van der Waals surface area contributed by atoms with Gasteiger partial charge in [-0.15, -0.1) is 23.2 Å². The van der Waals surface area contributed by atoms with Crippen molar-refractivity contribution < 1.29 is 33.6 Å². The van der Waals surface area contributed by atoms with Crippen LogP contribution >= 0.6 is 23.2 Å². The predicted octanol–water partition coefficient (Wildman–Crippen LogP) is 1.55. The highest BCUT2D eigenvalue weighted by Crippen LogP contribution is 2.59. The van der Waals surface area contributed by atoms with Crippen LogP contribution in [0.2, 0.25) is 0 Å². The highest BCUT2D eigenvalue weighted by Gasteiger charge is 2.66. The van der Waals surface area contributed by atoms with E-state index in [0.717, 1.165) is 11.0 Å². The van der Waals surface area contributed by atoms with E-state index in [9.17, 15) is 29.3 Å². The second-order valence-electron chi connectivity index (χ2n) is 8.12. The molecule has 3 aliphatic rings. The van der Waals surface area contributed by atoms with Crippen LogP contribution in [0.3, 0.4) is 0 Å². The van der Waals surface area contributed by atoms with Gasteiger partial charge in [0, 0.05) is 12.1 Å². The Labute approximate surface area is 197 Å². The Balaban J connectivity index is 1.34. The summed E-state index contributed by atoms with van der Waals surface area (Å²) in [5.41, 5.74) is -0.514. The first kappa shape index (κ1) is 23.2.